The van der Waals surface area contributed by atoms with Gasteiger partial charge in [-0.15, -0.1) is 0 Å². The maximum Gasteiger partial charge on any atom is 0.0695 e. The smallest absolute Gasteiger partial charge is 0.0695 e. The summed E-state index contributed by atoms with van der Waals surface area (Å²) in [4.78, 5) is 2.53. The molecular weight excluding hydrogens is 200 g/mol. The Morgan fingerprint density at radius 1 is 1.19 bits per heavy atom. The summed E-state index contributed by atoms with van der Waals surface area (Å²) >= 11 is 0. The Hall–Kier alpha value is -0.120. The predicted octanol–water partition coefficient (Wildman–Crippen LogP) is 1.36. The van der Waals surface area contributed by atoms with Crippen molar-refractivity contribution in [3.63, 3.8) is 0 Å². The normalized spacial score (nSPS) is 37.5. The third-order valence-electron chi connectivity index (χ3n) is 4.11. The molecule has 1 heterocycles. The Bertz CT molecular complexity index is 208. The van der Waals surface area contributed by atoms with E-state index in [1.807, 2.05) is 0 Å². The third-order valence-corrected chi connectivity index (χ3v) is 4.11. The Morgan fingerprint density at radius 2 is 2.00 bits per heavy atom. The van der Waals surface area contributed by atoms with E-state index in [9.17, 15) is 5.11 Å². The number of piperidine rings is 1. The zero-order chi connectivity index (χ0) is 11.4. The molecule has 16 heavy (non-hydrogen) atoms. The maximum atomic E-state index is 10.1. The Balaban J connectivity index is 1.87. The van der Waals surface area contributed by atoms with Gasteiger partial charge >= 0.3 is 0 Å². The maximum absolute atomic E-state index is 10.1. The van der Waals surface area contributed by atoms with E-state index in [1.165, 1.54) is 38.6 Å². The number of aliphatic hydroxyl groups is 1. The van der Waals surface area contributed by atoms with Gasteiger partial charge in [-0.05, 0) is 38.8 Å². The number of rotatable bonds is 3. The predicted molar refractivity (Wildman–Crippen MR) is 66.5 cm³/mol. The van der Waals surface area contributed by atoms with Crippen LogP contribution in [0.4, 0.5) is 0 Å². The van der Waals surface area contributed by atoms with E-state index in [4.69, 9.17) is 0 Å². The molecule has 3 nitrogen and oxygen atoms in total. The first-order valence-electron chi connectivity index (χ1n) is 6.96. The molecule has 2 fully saturated rings. The molecule has 3 unspecified atom stereocenters. The van der Waals surface area contributed by atoms with Crippen molar-refractivity contribution in [3.8, 4) is 0 Å². The fourth-order valence-electron chi connectivity index (χ4n) is 3.28. The van der Waals surface area contributed by atoms with Gasteiger partial charge in [-0.3, -0.25) is 4.90 Å². The lowest BCUT2D eigenvalue weighted by Crippen LogP contribution is -2.53. The number of aliphatic hydroxyl groups excluding tert-OH is 1. The first-order chi connectivity index (χ1) is 7.81. The van der Waals surface area contributed by atoms with E-state index in [-0.39, 0.29) is 6.10 Å². The van der Waals surface area contributed by atoms with Gasteiger partial charge in [0.15, 0.2) is 0 Å². The molecule has 0 radical (unpaired) electrons. The monoisotopic (exact) mass is 226 g/mol. The van der Waals surface area contributed by atoms with Crippen molar-refractivity contribution in [2.45, 2.75) is 63.6 Å². The lowest BCUT2D eigenvalue weighted by Gasteiger charge is -2.42. The molecule has 2 rings (SSSR count). The van der Waals surface area contributed by atoms with Crippen LogP contribution in [-0.2, 0) is 0 Å². The second kappa shape index (κ2) is 5.99. The van der Waals surface area contributed by atoms with E-state index < -0.39 is 0 Å². The second-order valence-corrected chi connectivity index (χ2v) is 5.31. The lowest BCUT2D eigenvalue weighted by molar-refractivity contribution is 0.00524. The molecular formula is C13H26N2O. The van der Waals surface area contributed by atoms with Gasteiger partial charge in [0.25, 0.3) is 0 Å². The van der Waals surface area contributed by atoms with Gasteiger partial charge in [-0.25, -0.2) is 0 Å². The minimum atomic E-state index is -0.0749. The summed E-state index contributed by atoms with van der Waals surface area (Å²) in [5.41, 5.74) is 0. The van der Waals surface area contributed by atoms with E-state index in [1.54, 1.807) is 0 Å². The van der Waals surface area contributed by atoms with Crippen LogP contribution in [0.3, 0.4) is 0 Å². The topological polar surface area (TPSA) is 35.5 Å². The summed E-state index contributed by atoms with van der Waals surface area (Å²) in [5.74, 6) is 0. The van der Waals surface area contributed by atoms with Crippen LogP contribution in [-0.4, -0.2) is 47.8 Å². The van der Waals surface area contributed by atoms with Gasteiger partial charge in [0.2, 0.25) is 0 Å². The molecule has 1 aliphatic carbocycles. The van der Waals surface area contributed by atoms with Crippen LogP contribution >= 0.6 is 0 Å². The molecule has 0 aromatic heterocycles. The van der Waals surface area contributed by atoms with Crippen LogP contribution in [0.15, 0.2) is 0 Å². The first-order valence-corrected chi connectivity index (χ1v) is 6.96. The number of likely N-dealkylation sites (tertiary alicyclic amines) is 1. The molecule has 3 atom stereocenters. The highest BCUT2D eigenvalue weighted by Crippen LogP contribution is 2.25. The van der Waals surface area contributed by atoms with Crippen molar-refractivity contribution in [2.24, 2.45) is 0 Å². The van der Waals surface area contributed by atoms with Crippen molar-refractivity contribution in [1.29, 1.82) is 0 Å². The van der Waals surface area contributed by atoms with Crippen molar-refractivity contribution < 1.29 is 5.11 Å². The molecule has 0 aromatic carbocycles. The summed E-state index contributed by atoms with van der Waals surface area (Å²) in [6.45, 7) is 5.55. The van der Waals surface area contributed by atoms with Crippen LogP contribution in [0, 0.1) is 0 Å². The minimum absolute atomic E-state index is 0.0749. The molecule has 0 bridgehead atoms. The largest absolute Gasteiger partial charge is 0.391 e. The fourth-order valence-corrected chi connectivity index (χ4v) is 3.28. The molecule has 1 saturated carbocycles. The minimum Gasteiger partial charge on any atom is -0.391 e. The van der Waals surface area contributed by atoms with Gasteiger partial charge in [0.1, 0.15) is 0 Å². The van der Waals surface area contributed by atoms with Gasteiger partial charge < -0.3 is 10.4 Å². The van der Waals surface area contributed by atoms with Crippen molar-refractivity contribution in [2.75, 3.05) is 19.6 Å². The van der Waals surface area contributed by atoms with Gasteiger partial charge in [-0.2, -0.15) is 0 Å². The third kappa shape index (κ3) is 2.96. The zero-order valence-electron chi connectivity index (χ0n) is 10.5. The standard InChI is InChI=1S/C13H26N2O/c1-2-14-11-6-5-9-15(10-11)12-7-3-4-8-13(12)16/h11-14,16H,2-10H2,1H3. The molecule has 3 heteroatoms. The SMILES string of the molecule is CCNC1CCCN(C2CCCCC2O)C1. The van der Waals surface area contributed by atoms with E-state index in [2.05, 4.69) is 17.1 Å². The highest BCUT2D eigenvalue weighted by atomic mass is 16.3. The first kappa shape index (κ1) is 12.3. The van der Waals surface area contributed by atoms with Gasteiger partial charge in [-0.1, -0.05) is 19.8 Å². The van der Waals surface area contributed by atoms with E-state index >= 15 is 0 Å². The quantitative estimate of drug-likeness (QED) is 0.763. The molecule has 1 aliphatic heterocycles. The number of likely N-dealkylation sites (N-methyl/N-ethyl adjacent to an activating group) is 1. The molecule has 1 saturated heterocycles. The van der Waals surface area contributed by atoms with Crippen LogP contribution < -0.4 is 5.32 Å². The molecule has 0 amide bonds. The van der Waals surface area contributed by atoms with Crippen molar-refractivity contribution >= 4 is 0 Å². The Labute approximate surface area is 99.2 Å². The molecule has 0 spiro atoms. The van der Waals surface area contributed by atoms with Gasteiger partial charge in [0.05, 0.1) is 6.10 Å². The Morgan fingerprint density at radius 3 is 2.75 bits per heavy atom. The highest BCUT2D eigenvalue weighted by Gasteiger charge is 2.31. The molecule has 94 valence electrons. The van der Waals surface area contributed by atoms with E-state index in [0.717, 1.165) is 19.5 Å². The summed E-state index contributed by atoms with van der Waals surface area (Å²) in [6.07, 6.45) is 7.21. The van der Waals surface area contributed by atoms with Gasteiger partial charge in [0, 0.05) is 18.6 Å². The Kier molecular flexibility index (Phi) is 4.62. The lowest BCUT2D eigenvalue weighted by atomic mass is 9.89. The number of nitrogens with zero attached hydrogens (tertiary/aromatic N) is 1. The number of hydrogen-bond donors (Lipinski definition) is 2. The second-order valence-electron chi connectivity index (χ2n) is 5.31. The average Bonchev–Trinajstić information content (AvgIpc) is 2.30. The van der Waals surface area contributed by atoms with Crippen LogP contribution in [0.5, 0.6) is 0 Å². The van der Waals surface area contributed by atoms with Crippen molar-refractivity contribution in [3.05, 3.63) is 0 Å². The molecule has 0 aromatic rings. The van der Waals surface area contributed by atoms with E-state index in [0.29, 0.717) is 12.1 Å². The fraction of sp³-hybridized carbons (Fsp3) is 1.00. The summed E-state index contributed by atoms with van der Waals surface area (Å²) in [7, 11) is 0. The zero-order valence-corrected chi connectivity index (χ0v) is 10.5. The van der Waals surface area contributed by atoms with Crippen LogP contribution in [0.2, 0.25) is 0 Å². The average molecular weight is 226 g/mol. The number of nitrogens with one attached hydrogen (secondary N) is 1. The van der Waals surface area contributed by atoms with Crippen molar-refractivity contribution in [1.82, 2.24) is 10.2 Å². The van der Waals surface area contributed by atoms with Crippen LogP contribution in [0.25, 0.3) is 0 Å². The molecule has 2 aliphatic rings. The number of hydrogen-bond acceptors (Lipinski definition) is 3. The molecule has 2 N–H and O–H groups in total. The summed E-state index contributed by atoms with van der Waals surface area (Å²) < 4.78 is 0. The summed E-state index contributed by atoms with van der Waals surface area (Å²) in [6, 6.07) is 1.09. The highest BCUT2D eigenvalue weighted by molar-refractivity contribution is 4.88. The van der Waals surface area contributed by atoms with Crippen LogP contribution in [0.1, 0.15) is 45.4 Å². The summed E-state index contributed by atoms with van der Waals surface area (Å²) in [5, 5.41) is 13.6.